The number of hydrogen-bond acceptors (Lipinski definition) is 3. The van der Waals surface area contributed by atoms with Crippen LogP contribution in [0, 0.1) is 5.92 Å². The molecule has 0 saturated carbocycles. The van der Waals surface area contributed by atoms with Crippen LogP contribution in [0.1, 0.15) is 30.1 Å². The van der Waals surface area contributed by atoms with Crippen molar-refractivity contribution >= 4 is 11.9 Å². The van der Waals surface area contributed by atoms with Gasteiger partial charge in [0.25, 0.3) is 11.5 Å². The lowest BCUT2D eigenvalue weighted by Crippen LogP contribution is -2.32. The normalized spacial score (nSPS) is 11.8. The van der Waals surface area contributed by atoms with Gasteiger partial charge < -0.3 is 15.4 Å². The Hall–Kier alpha value is -2.11. The van der Waals surface area contributed by atoms with Gasteiger partial charge in [-0.3, -0.25) is 14.4 Å². The first kappa shape index (κ1) is 14.0. The van der Waals surface area contributed by atoms with E-state index in [4.69, 9.17) is 5.11 Å². The van der Waals surface area contributed by atoms with E-state index in [9.17, 15) is 14.4 Å². The molecule has 6 nitrogen and oxygen atoms in total. The van der Waals surface area contributed by atoms with Crippen LogP contribution in [0.5, 0.6) is 0 Å². The fourth-order valence-electron chi connectivity index (χ4n) is 1.43. The van der Waals surface area contributed by atoms with Crippen LogP contribution in [0.25, 0.3) is 0 Å². The molecule has 0 aliphatic carbocycles. The molecule has 0 aliphatic rings. The number of carbonyl (C=O) groups excluding carboxylic acids is 1. The lowest BCUT2D eigenvalue weighted by atomic mass is 10.1. The maximum atomic E-state index is 11.7. The summed E-state index contributed by atoms with van der Waals surface area (Å²) in [5.41, 5.74) is -0.379. The van der Waals surface area contributed by atoms with Gasteiger partial charge in [-0.15, -0.1) is 0 Å². The average Bonchev–Trinajstić information content (AvgIpc) is 2.34. The van der Waals surface area contributed by atoms with Crippen molar-refractivity contribution in [1.29, 1.82) is 0 Å². The summed E-state index contributed by atoms with van der Waals surface area (Å²) < 4.78 is 0. The number of carboxylic acid groups (broad SMARTS) is 1. The molecule has 0 saturated heterocycles. The maximum Gasteiger partial charge on any atom is 0.303 e. The van der Waals surface area contributed by atoms with Crippen LogP contribution in [0.4, 0.5) is 0 Å². The molecule has 0 fully saturated rings. The predicted octanol–water partition coefficient (Wildman–Crippen LogP) is 0.606. The zero-order valence-corrected chi connectivity index (χ0v) is 10.1. The van der Waals surface area contributed by atoms with Crippen molar-refractivity contribution in [3.63, 3.8) is 0 Å². The number of carbonyl (C=O) groups is 2. The Balaban J connectivity index is 2.44. The number of rotatable bonds is 6. The smallest absolute Gasteiger partial charge is 0.303 e. The zero-order chi connectivity index (χ0) is 13.5. The largest absolute Gasteiger partial charge is 0.481 e. The molecule has 0 spiro atoms. The van der Waals surface area contributed by atoms with Crippen molar-refractivity contribution in [2.24, 2.45) is 5.92 Å². The maximum absolute atomic E-state index is 11.7. The molecule has 1 heterocycles. The summed E-state index contributed by atoms with van der Waals surface area (Å²) >= 11 is 0. The standard InChI is InChI=1S/C12H16N2O4/c1-8(4-5-10(15)16)7-14-12(18)9-3-2-6-13-11(9)17/h2-3,6,8H,4-5,7H2,1H3,(H,13,17)(H,14,18)(H,15,16). The number of hydrogen-bond donors (Lipinski definition) is 3. The highest BCUT2D eigenvalue weighted by Crippen LogP contribution is 2.04. The van der Waals surface area contributed by atoms with E-state index in [-0.39, 0.29) is 17.9 Å². The highest BCUT2D eigenvalue weighted by molar-refractivity contribution is 5.93. The minimum atomic E-state index is -0.854. The summed E-state index contributed by atoms with van der Waals surface area (Å²) in [7, 11) is 0. The van der Waals surface area contributed by atoms with Gasteiger partial charge in [0.05, 0.1) is 0 Å². The number of aromatic nitrogens is 1. The van der Waals surface area contributed by atoms with Gasteiger partial charge in [0.2, 0.25) is 0 Å². The quantitative estimate of drug-likeness (QED) is 0.690. The number of H-pyrrole nitrogens is 1. The molecular weight excluding hydrogens is 236 g/mol. The summed E-state index contributed by atoms with van der Waals surface area (Å²) in [4.78, 5) is 35.8. The van der Waals surface area contributed by atoms with E-state index in [1.807, 2.05) is 6.92 Å². The van der Waals surface area contributed by atoms with Gasteiger partial charge in [-0.2, -0.15) is 0 Å². The SMILES string of the molecule is CC(CCC(=O)O)CNC(=O)c1ccc[nH]c1=O. The monoisotopic (exact) mass is 252 g/mol. The number of nitrogens with one attached hydrogen (secondary N) is 2. The average molecular weight is 252 g/mol. The van der Waals surface area contributed by atoms with Crippen LogP contribution in [0.2, 0.25) is 0 Å². The lowest BCUT2D eigenvalue weighted by molar-refractivity contribution is -0.137. The molecule has 6 heteroatoms. The molecule has 0 aromatic carbocycles. The summed E-state index contributed by atoms with van der Waals surface area (Å²) in [5, 5.41) is 11.1. The number of amides is 1. The molecule has 1 aromatic heterocycles. The van der Waals surface area contributed by atoms with Gasteiger partial charge in [-0.05, 0) is 24.5 Å². The molecule has 1 atom stereocenters. The molecule has 1 unspecified atom stereocenters. The summed E-state index contributed by atoms with van der Waals surface area (Å²) in [6, 6.07) is 3.01. The molecule has 98 valence electrons. The first-order valence-electron chi connectivity index (χ1n) is 5.68. The Bertz CT molecular complexity index is 481. The topological polar surface area (TPSA) is 99.3 Å². The second kappa shape index (κ2) is 6.58. The van der Waals surface area contributed by atoms with E-state index >= 15 is 0 Å². The van der Waals surface area contributed by atoms with Crippen LogP contribution in [-0.4, -0.2) is 28.5 Å². The molecule has 3 N–H and O–H groups in total. The molecule has 1 aromatic rings. The van der Waals surface area contributed by atoms with E-state index in [1.54, 1.807) is 6.07 Å². The molecule has 1 amide bonds. The molecule has 18 heavy (non-hydrogen) atoms. The lowest BCUT2D eigenvalue weighted by Gasteiger charge is -2.11. The van der Waals surface area contributed by atoms with E-state index in [2.05, 4.69) is 10.3 Å². The summed E-state index contributed by atoms with van der Waals surface area (Å²) in [6.07, 6.45) is 2.01. The number of carboxylic acids is 1. The number of pyridine rings is 1. The van der Waals surface area contributed by atoms with E-state index in [1.165, 1.54) is 12.3 Å². The van der Waals surface area contributed by atoms with Gasteiger partial charge in [0, 0.05) is 19.2 Å². The van der Waals surface area contributed by atoms with E-state index in [0.717, 1.165) is 0 Å². The van der Waals surface area contributed by atoms with Gasteiger partial charge in [-0.25, -0.2) is 0 Å². The zero-order valence-electron chi connectivity index (χ0n) is 10.1. The Morgan fingerprint density at radius 3 is 2.83 bits per heavy atom. The van der Waals surface area contributed by atoms with E-state index in [0.29, 0.717) is 13.0 Å². The van der Waals surface area contributed by atoms with Gasteiger partial charge in [0.15, 0.2) is 0 Å². The highest BCUT2D eigenvalue weighted by atomic mass is 16.4. The highest BCUT2D eigenvalue weighted by Gasteiger charge is 2.11. The minimum absolute atomic E-state index is 0.0489. The predicted molar refractivity (Wildman–Crippen MR) is 65.4 cm³/mol. The molecule has 1 rings (SSSR count). The minimum Gasteiger partial charge on any atom is -0.481 e. The van der Waals surface area contributed by atoms with Crippen LogP contribution in [0.15, 0.2) is 23.1 Å². The number of aromatic amines is 1. The third-order valence-corrected chi connectivity index (χ3v) is 2.52. The molecule has 0 radical (unpaired) electrons. The first-order chi connectivity index (χ1) is 8.50. The van der Waals surface area contributed by atoms with Gasteiger partial charge in [-0.1, -0.05) is 6.92 Å². The fourth-order valence-corrected chi connectivity index (χ4v) is 1.43. The van der Waals surface area contributed by atoms with Crippen LogP contribution < -0.4 is 10.9 Å². The Morgan fingerprint density at radius 1 is 1.50 bits per heavy atom. The number of aliphatic carboxylic acids is 1. The van der Waals surface area contributed by atoms with Crippen molar-refractivity contribution in [2.75, 3.05) is 6.54 Å². The van der Waals surface area contributed by atoms with Crippen molar-refractivity contribution in [1.82, 2.24) is 10.3 Å². The van der Waals surface area contributed by atoms with Crippen LogP contribution >= 0.6 is 0 Å². The van der Waals surface area contributed by atoms with Crippen LogP contribution in [0.3, 0.4) is 0 Å². The first-order valence-corrected chi connectivity index (χ1v) is 5.68. The second-order valence-electron chi connectivity index (χ2n) is 4.16. The van der Waals surface area contributed by atoms with Crippen molar-refractivity contribution in [3.8, 4) is 0 Å². The van der Waals surface area contributed by atoms with E-state index < -0.39 is 17.4 Å². The van der Waals surface area contributed by atoms with Crippen molar-refractivity contribution < 1.29 is 14.7 Å². The molecular formula is C12H16N2O4. The Kier molecular flexibility index (Phi) is 5.10. The summed E-state index contributed by atoms with van der Waals surface area (Å²) in [5.74, 6) is -1.25. The van der Waals surface area contributed by atoms with Gasteiger partial charge >= 0.3 is 5.97 Å². The second-order valence-corrected chi connectivity index (χ2v) is 4.16. The van der Waals surface area contributed by atoms with Crippen LogP contribution in [-0.2, 0) is 4.79 Å². The molecule has 0 aliphatic heterocycles. The Labute approximate surface area is 104 Å². The van der Waals surface area contributed by atoms with Gasteiger partial charge in [0.1, 0.15) is 5.56 Å². The third kappa shape index (κ3) is 4.40. The molecule has 0 bridgehead atoms. The van der Waals surface area contributed by atoms with Crippen molar-refractivity contribution in [2.45, 2.75) is 19.8 Å². The summed E-state index contributed by atoms with van der Waals surface area (Å²) in [6.45, 7) is 2.19. The van der Waals surface area contributed by atoms with Crippen molar-refractivity contribution in [3.05, 3.63) is 34.2 Å². The Morgan fingerprint density at radius 2 is 2.22 bits per heavy atom. The fraction of sp³-hybridized carbons (Fsp3) is 0.417. The third-order valence-electron chi connectivity index (χ3n) is 2.52.